The van der Waals surface area contributed by atoms with Gasteiger partial charge < -0.3 is 0 Å². The second-order valence-electron chi connectivity index (χ2n) is 4.56. The van der Waals surface area contributed by atoms with Gasteiger partial charge in [0.25, 0.3) is 0 Å². The molecule has 0 aliphatic rings. The number of nitrogens with zero attached hydrogens (tertiary/aromatic N) is 1. The van der Waals surface area contributed by atoms with Crippen molar-refractivity contribution in [3.63, 3.8) is 0 Å². The van der Waals surface area contributed by atoms with Crippen LogP contribution in [0.5, 0.6) is 0 Å². The van der Waals surface area contributed by atoms with E-state index in [1.165, 1.54) is 11.2 Å². The molecular weight excluding hydrogens is 145 g/mol. The first kappa shape index (κ1) is 9.30. The minimum atomic E-state index is 0.336. The molecule has 0 bridgehead atoms. The molecule has 2 heteroatoms. The Kier molecular flexibility index (Phi) is 2.56. The van der Waals surface area contributed by atoms with E-state index >= 15 is 0 Å². The summed E-state index contributed by atoms with van der Waals surface area (Å²) in [6.45, 7) is 6.69. The highest BCUT2D eigenvalue weighted by atomic mass is 14.7. The normalized spacial score (nSPS) is 11.6. The molecule has 0 aliphatic carbocycles. The van der Waals surface area contributed by atoms with Gasteiger partial charge in [-0.2, -0.15) is 0 Å². The Hall–Kier alpha value is -0.785. The lowest BCUT2D eigenvalue weighted by Gasteiger charge is -2.17. The number of rotatable bonds is 1. The number of hydrogen-bond acceptors (Lipinski definition) is 1. The molecule has 1 heterocycles. The summed E-state index contributed by atoms with van der Waals surface area (Å²) >= 11 is 0. The monoisotopic (exact) mass is 161 g/mol. The zero-order valence-electron chi connectivity index (χ0n) is 8.39. The van der Waals surface area contributed by atoms with Crippen molar-refractivity contribution in [3.05, 3.63) is 24.0 Å². The Morgan fingerprint density at radius 3 is 2.42 bits per heavy atom. The van der Waals surface area contributed by atoms with Gasteiger partial charge in [-0.1, -0.05) is 32.3 Å². The van der Waals surface area contributed by atoms with Gasteiger partial charge in [0.2, 0.25) is 0 Å². The SMILES string of the molecule is Bc1ccc(CC(C)(C)C)nc1. The van der Waals surface area contributed by atoms with E-state index in [-0.39, 0.29) is 0 Å². The van der Waals surface area contributed by atoms with E-state index in [2.05, 4.69) is 45.7 Å². The van der Waals surface area contributed by atoms with E-state index in [0.717, 1.165) is 6.42 Å². The van der Waals surface area contributed by atoms with Crippen molar-refractivity contribution in [3.8, 4) is 0 Å². The highest BCUT2D eigenvalue weighted by molar-refractivity contribution is 6.31. The second-order valence-corrected chi connectivity index (χ2v) is 4.56. The van der Waals surface area contributed by atoms with Gasteiger partial charge in [0.05, 0.1) is 0 Å². The Labute approximate surface area is 75.6 Å². The summed E-state index contributed by atoms with van der Waals surface area (Å²) in [5, 5.41) is 0. The molecule has 0 radical (unpaired) electrons. The van der Waals surface area contributed by atoms with Crippen LogP contribution in [0.1, 0.15) is 26.5 Å². The lowest BCUT2D eigenvalue weighted by atomic mass is 9.89. The number of pyridine rings is 1. The third-order valence-corrected chi connectivity index (χ3v) is 1.68. The number of aromatic nitrogens is 1. The van der Waals surface area contributed by atoms with Crippen molar-refractivity contribution in [2.24, 2.45) is 5.41 Å². The molecule has 1 aromatic rings. The van der Waals surface area contributed by atoms with Crippen molar-refractivity contribution in [2.75, 3.05) is 0 Å². The van der Waals surface area contributed by atoms with Crippen LogP contribution in [0.3, 0.4) is 0 Å². The Morgan fingerprint density at radius 2 is 2.00 bits per heavy atom. The largest absolute Gasteiger partial charge is 0.262 e. The summed E-state index contributed by atoms with van der Waals surface area (Å²) in [5.41, 5.74) is 2.75. The minimum Gasteiger partial charge on any atom is -0.262 e. The van der Waals surface area contributed by atoms with Crippen LogP contribution in [0.15, 0.2) is 18.3 Å². The van der Waals surface area contributed by atoms with Crippen molar-refractivity contribution >= 4 is 13.3 Å². The van der Waals surface area contributed by atoms with Gasteiger partial charge in [-0.25, -0.2) is 0 Å². The zero-order chi connectivity index (χ0) is 9.19. The van der Waals surface area contributed by atoms with Gasteiger partial charge in [0.1, 0.15) is 7.85 Å². The average Bonchev–Trinajstić information content (AvgIpc) is 1.91. The van der Waals surface area contributed by atoms with Gasteiger partial charge in [-0.3, -0.25) is 4.98 Å². The number of hydrogen-bond donors (Lipinski definition) is 0. The standard InChI is InChI=1S/C10H16BN/c1-10(2,3)6-9-5-4-8(11)7-12-9/h4-5,7H,6,11H2,1-3H3. The smallest absolute Gasteiger partial charge is 0.141 e. The molecule has 64 valence electrons. The Bertz CT molecular complexity index is 246. The van der Waals surface area contributed by atoms with Crippen LogP contribution in [0, 0.1) is 5.41 Å². The molecule has 0 saturated heterocycles. The summed E-state index contributed by atoms with van der Waals surface area (Å²) in [6, 6.07) is 4.23. The molecule has 0 aromatic carbocycles. The summed E-state index contributed by atoms with van der Waals surface area (Å²) in [7, 11) is 2.06. The molecule has 0 unspecified atom stereocenters. The van der Waals surface area contributed by atoms with Crippen molar-refractivity contribution in [1.82, 2.24) is 4.98 Å². The summed E-state index contributed by atoms with van der Waals surface area (Å²) in [5.74, 6) is 0. The average molecular weight is 161 g/mol. The second kappa shape index (κ2) is 3.30. The van der Waals surface area contributed by atoms with Gasteiger partial charge in [0, 0.05) is 11.9 Å². The highest BCUT2D eigenvalue weighted by Crippen LogP contribution is 2.18. The molecule has 0 saturated carbocycles. The molecule has 0 spiro atoms. The van der Waals surface area contributed by atoms with E-state index in [4.69, 9.17) is 0 Å². The Balaban J connectivity index is 2.71. The molecular formula is C10H16BN. The van der Waals surface area contributed by atoms with E-state index < -0.39 is 0 Å². The van der Waals surface area contributed by atoms with Crippen LogP contribution in [0.4, 0.5) is 0 Å². The third kappa shape index (κ3) is 3.08. The van der Waals surface area contributed by atoms with Gasteiger partial charge in [-0.05, 0) is 17.9 Å². The molecule has 12 heavy (non-hydrogen) atoms. The fourth-order valence-corrected chi connectivity index (χ4v) is 1.15. The Morgan fingerprint density at radius 1 is 1.33 bits per heavy atom. The lowest BCUT2D eigenvalue weighted by Crippen LogP contribution is -2.12. The van der Waals surface area contributed by atoms with Gasteiger partial charge >= 0.3 is 0 Å². The van der Waals surface area contributed by atoms with Crippen molar-refractivity contribution in [2.45, 2.75) is 27.2 Å². The summed E-state index contributed by atoms with van der Waals surface area (Å²) in [4.78, 5) is 4.36. The minimum absolute atomic E-state index is 0.336. The van der Waals surface area contributed by atoms with Gasteiger partial charge in [-0.15, -0.1) is 0 Å². The molecule has 0 N–H and O–H groups in total. The van der Waals surface area contributed by atoms with Crippen LogP contribution in [0.25, 0.3) is 0 Å². The van der Waals surface area contributed by atoms with Crippen LogP contribution >= 0.6 is 0 Å². The third-order valence-electron chi connectivity index (χ3n) is 1.68. The van der Waals surface area contributed by atoms with Crippen molar-refractivity contribution in [1.29, 1.82) is 0 Å². The van der Waals surface area contributed by atoms with Crippen LogP contribution in [0.2, 0.25) is 0 Å². The van der Waals surface area contributed by atoms with E-state index in [9.17, 15) is 0 Å². The summed E-state index contributed by atoms with van der Waals surface area (Å²) < 4.78 is 0. The fourth-order valence-electron chi connectivity index (χ4n) is 1.15. The van der Waals surface area contributed by atoms with Crippen LogP contribution in [-0.2, 0) is 6.42 Å². The van der Waals surface area contributed by atoms with Crippen LogP contribution in [-0.4, -0.2) is 12.8 Å². The topological polar surface area (TPSA) is 12.9 Å². The van der Waals surface area contributed by atoms with Crippen molar-refractivity contribution < 1.29 is 0 Å². The van der Waals surface area contributed by atoms with Gasteiger partial charge in [0.15, 0.2) is 0 Å². The quantitative estimate of drug-likeness (QED) is 0.558. The molecule has 0 fully saturated rings. The molecule has 0 atom stereocenters. The van der Waals surface area contributed by atoms with E-state index in [0.29, 0.717) is 5.41 Å². The predicted octanol–water partition coefficient (Wildman–Crippen LogP) is 0.929. The van der Waals surface area contributed by atoms with E-state index in [1.54, 1.807) is 0 Å². The first-order valence-electron chi connectivity index (χ1n) is 4.39. The molecule has 0 aliphatic heterocycles. The zero-order valence-corrected chi connectivity index (χ0v) is 8.39. The van der Waals surface area contributed by atoms with Crippen LogP contribution < -0.4 is 5.46 Å². The summed E-state index contributed by atoms with van der Waals surface area (Å²) in [6.07, 6.45) is 2.98. The maximum atomic E-state index is 4.36. The fraction of sp³-hybridized carbons (Fsp3) is 0.500. The molecule has 0 amide bonds. The first-order valence-corrected chi connectivity index (χ1v) is 4.39. The molecule has 1 rings (SSSR count). The predicted molar refractivity (Wildman–Crippen MR) is 55.6 cm³/mol. The lowest BCUT2D eigenvalue weighted by molar-refractivity contribution is 0.406. The molecule has 1 nitrogen and oxygen atoms in total. The first-order chi connectivity index (χ1) is 5.47. The maximum absolute atomic E-state index is 4.36. The molecule has 1 aromatic heterocycles. The highest BCUT2D eigenvalue weighted by Gasteiger charge is 2.11. The van der Waals surface area contributed by atoms with E-state index in [1.807, 2.05) is 6.20 Å². The maximum Gasteiger partial charge on any atom is 0.141 e.